The second-order valence-corrected chi connectivity index (χ2v) is 8.22. The molecule has 1 unspecified atom stereocenters. The minimum absolute atomic E-state index is 0.0579. The zero-order valence-electron chi connectivity index (χ0n) is 19.1. The molecule has 3 aromatic carbocycles. The van der Waals surface area contributed by atoms with Crippen LogP contribution in [-0.4, -0.2) is 49.7 Å². The average molecular weight is 481 g/mol. The van der Waals surface area contributed by atoms with Crippen molar-refractivity contribution >= 4 is 18.9 Å². The zero-order valence-corrected chi connectivity index (χ0v) is 19.1. The van der Waals surface area contributed by atoms with Gasteiger partial charge in [-0.3, -0.25) is 4.79 Å². The first kappa shape index (κ1) is 23.4. The number of aliphatic hydroxyl groups is 1. The molecule has 36 heavy (non-hydrogen) atoms. The lowest BCUT2D eigenvalue weighted by Gasteiger charge is -2.26. The quantitative estimate of drug-likeness (QED) is 0.552. The maximum Gasteiger partial charge on any atom is 0.316 e. The molecular formula is C26H20BN3O6. The summed E-state index contributed by atoms with van der Waals surface area (Å²) in [5, 5.41) is 28.7. The van der Waals surface area contributed by atoms with E-state index in [9.17, 15) is 15.2 Å². The first-order valence-corrected chi connectivity index (χ1v) is 11.3. The lowest BCUT2D eigenvalue weighted by molar-refractivity contribution is -0.00806. The van der Waals surface area contributed by atoms with E-state index in [1.165, 1.54) is 12.1 Å². The average Bonchev–Trinajstić information content (AvgIpc) is 3.29. The number of ether oxygens (including phenoxy) is 3. The molecule has 10 heteroatoms. The third-order valence-electron chi connectivity index (χ3n) is 5.96. The van der Waals surface area contributed by atoms with Crippen molar-refractivity contribution in [2.24, 2.45) is 0 Å². The largest absolute Gasteiger partial charge is 0.458 e. The van der Waals surface area contributed by atoms with Gasteiger partial charge in [-0.2, -0.15) is 10.5 Å². The van der Waals surface area contributed by atoms with Crippen molar-refractivity contribution in [2.75, 3.05) is 26.3 Å². The van der Waals surface area contributed by atoms with Crippen molar-refractivity contribution in [3.63, 3.8) is 0 Å². The lowest BCUT2D eigenvalue weighted by atomic mass is 9.86. The van der Waals surface area contributed by atoms with Crippen LogP contribution >= 0.6 is 0 Å². The van der Waals surface area contributed by atoms with E-state index in [0.717, 1.165) is 0 Å². The Morgan fingerprint density at radius 1 is 0.944 bits per heavy atom. The Bertz CT molecular complexity index is 1390. The van der Waals surface area contributed by atoms with E-state index >= 15 is 0 Å². The SMILES string of the molecule is N#Cc1ccc(Oc2cc(Oc3ccc(C(=O)N4CCOCC4)cc3)cc3c2BOC3O)cc1C#N. The van der Waals surface area contributed by atoms with Gasteiger partial charge in [0.1, 0.15) is 35.1 Å². The molecule has 2 aliphatic rings. The Morgan fingerprint density at radius 2 is 1.67 bits per heavy atom. The third kappa shape index (κ3) is 4.74. The fourth-order valence-electron chi connectivity index (χ4n) is 4.07. The number of amides is 1. The van der Waals surface area contributed by atoms with Crippen LogP contribution in [0.25, 0.3) is 0 Å². The molecule has 1 fully saturated rings. The van der Waals surface area contributed by atoms with Crippen LogP contribution in [-0.2, 0) is 9.39 Å². The molecule has 0 radical (unpaired) electrons. The number of benzene rings is 3. The Balaban J connectivity index is 1.38. The molecule has 5 rings (SSSR count). The highest BCUT2D eigenvalue weighted by Crippen LogP contribution is 2.34. The first-order chi connectivity index (χ1) is 17.6. The number of morpholine rings is 1. The Morgan fingerprint density at radius 3 is 2.39 bits per heavy atom. The Kier molecular flexibility index (Phi) is 6.57. The smallest absolute Gasteiger partial charge is 0.316 e. The molecule has 2 aliphatic heterocycles. The van der Waals surface area contributed by atoms with Gasteiger partial charge in [0, 0.05) is 30.3 Å². The summed E-state index contributed by atoms with van der Waals surface area (Å²) >= 11 is 0. The van der Waals surface area contributed by atoms with E-state index in [-0.39, 0.29) is 24.5 Å². The van der Waals surface area contributed by atoms with E-state index in [0.29, 0.717) is 65.9 Å². The van der Waals surface area contributed by atoms with Gasteiger partial charge in [0.05, 0.1) is 24.3 Å². The number of hydrogen-bond acceptors (Lipinski definition) is 8. The summed E-state index contributed by atoms with van der Waals surface area (Å²) in [5.74, 6) is 1.59. The highest BCUT2D eigenvalue weighted by molar-refractivity contribution is 6.50. The van der Waals surface area contributed by atoms with Gasteiger partial charge in [0.2, 0.25) is 0 Å². The summed E-state index contributed by atoms with van der Waals surface area (Å²) in [6, 6.07) is 18.7. The standard InChI is InChI=1S/C26H20BN3O6/c28-14-17-3-6-20(11-18(17)15-29)35-23-13-21(12-22-24(23)27-36-26(22)32)34-19-4-1-16(2-5-19)25(31)30-7-9-33-10-8-30/h1-6,11-13,26-27,32H,7-10H2. The monoisotopic (exact) mass is 481 g/mol. The van der Waals surface area contributed by atoms with Crippen molar-refractivity contribution in [1.29, 1.82) is 10.5 Å². The number of hydrogen-bond donors (Lipinski definition) is 1. The highest BCUT2D eigenvalue weighted by Gasteiger charge is 2.28. The fourth-order valence-corrected chi connectivity index (χ4v) is 4.07. The molecule has 2 heterocycles. The van der Waals surface area contributed by atoms with E-state index < -0.39 is 6.29 Å². The van der Waals surface area contributed by atoms with Gasteiger partial charge in [-0.05, 0) is 54.0 Å². The first-order valence-electron chi connectivity index (χ1n) is 11.3. The van der Waals surface area contributed by atoms with Crippen molar-refractivity contribution in [3.8, 4) is 35.1 Å². The zero-order chi connectivity index (χ0) is 25.1. The van der Waals surface area contributed by atoms with Crippen LogP contribution < -0.4 is 14.9 Å². The molecule has 0 aromatic heterocycles. The Hall–Kier alpha value is -4.35. The van der Waals surface area contributed by atoms with E-state index in [4.69, 9.17) is 24.1 Å². The van der Waals surface area contributed by atoms with E-state index in [1.54, 1.807) is 47.4 Å². The van der Waals surface area contributed by atoms with Crippen LogP contribution in [0.4, 0.5) is 0 Å². The second-order valence-electron chi connectivity index (χ2n) is 8.22. The summed E-state index contributed by atoms with van der Waals surface area (Å²) in [6.45, 7) is 2.19. The molecule has 0 aliphatic carbocycles. The van der Waals surface area contributed by atoms with E-state index in [2.05, 4.69) is 0 Å². The predicted octanol–water partition coefficient (Wildman–Crippen LogP) is 2.48. The molecule has 3 aromatic rings. The van der Waals surface area contributed by atoms with Crippen LogP contribution in [0.1, 0.15) is 33.3 Å². The molecule has 1 saturated heterocycles. The van der Waals surface area contributed by atoms with Gasteiger partial charge in [-0.25, -0.2) is 0 Å². The van der Waals surface area contributed by atoms with Crippen LogP contribution in [0.2, 0.25) is 0 Å². The van der Waals surface area contributed by atoms with Gasteiger partial charge in [0.15, 0.2) is 6.29 Å². The summed E-state index contributed by atoms with van der Waals surface area (Å²) in [6.07, 6.45) is -1.13. The lowest BCUT2D eigenvalue weighted by Crippen LogP contribution is -2.40. The van der Waals surface area contributed by atoms with Crippen LogP contribution in [0.5, 0.6) is 23.0 Å². The summed E-state index contributed by atoms with van der Waals surface area (Å²) in [4.78, 5) is 14.4. The summed E-state index contributed by atoms with van der Waals surface area (Å²) < 4.78 is 22.7. The minimum atomic E-state index is -1.13. The minimum Gasteiger partial charge on any atom is -0.458 e. The molecule has 0 spiro atoms. The Labute approximate surface area is 207 Å². The van der Waals surface area contributed by atoms with Gasteiger partial charge in [-0.1, -0.05) is 0 Å². The van der Waals surface area contributed by atoms with Crippen molar-refractivity contribution in [2.45, 2.75) is 6.29 Å². The third-order valence-corrected chi connectivity index (χ3v) is 5.96. The number of nitriles is 2. The second kappa shape index (κ2) is 10.1. The normalized spacial score (nSPS) is 16.3. The fraction of sp³-hybridized carbons (Fsp3) is 0.192. The van der Waals surface area contributed by atoms with E-state index in [1.807, 2.05) is 12.1 Å². The van der Waals surface area contributed by atoms with Crippen LogP contribution in [0.3, 0.4) is 0 Å². The van der Waals surface area contributed by atoms with Crippen molar-refractivity contribution < 1.29 is 28.8 Å². The van der Waals surface area contributed by atoms with Gasteiger partial charge < -0.3 is 28.9 Å². The number of carbonyl (C=O) groups is 1. The number of nitrogens with zero attached hydrogens (tertiary/aromatic N) is 3. The molecular weight excluding hydrogens is 461 g/mol. The van der Waals surface area contributed by atoms with Crippen LogP contribution in [0.15, 0.2) is 54.6 Å². The highest BCUT2D eigenvalue weighted by atomic mass is 16.6. The summed E-state index contributed by atoms with van der Waals surface area (Å²) in [7, 11) is 0.145. The molecule has 0 bridgehead atoms. The molecule has 9 nitrogen and oxygen atoms in total. The van der Waals surface area contributed by atoms with Gasteiger partial charge in [-0.15, -0.1) is 0 Å². The summed E-state index contributed by atoms with van der Waals surface area (Å²) in [5.41, 5.74) is 2.17. The number of carbonyl (C=O) groups excluding carboxylic acids is 1. The van der Waals surface area contributed by atoms with Crippen LogP contribution in [0, 0.1) is 22.7 Å². The number of aliphatic hydroxyl groups excluding tert-OH is 1. The molecule has 0 saturated carbocycles. The predicted molar refractivity (Wildman–Crippen MR) is 128 cm³/mol. The number of rotatable bonds is 5. The van der Waals surface area contributed by atoms with Gasteiger partial charge >= 0.3 is 7.48 Å². The van der Waals surface area contributed by atoms with Gasteiger partial charge in [0.25, 0.3) is 5.91 Å². The molecule has 1 atom stereocenters. The maximum atomic E-state index is 12.7. The molecule has 1 amide bonds. The van der Waals surface area contributed by atoms with Crippen molar-refractivity contribution in [3.05, 3.63) is 76.9 Å². The maximum absolute atomic E-state index is 12.7. The number of fused-ring (bicyclic) bond motifs is 1. The van der Waals surface area contributed by atoms with Crippen molar-refractivity contribution in [1.82, 2.24) is 4.90 Å². The molecule has 1 N–H and O–H groups in total. The molecule has 178 valence electrons. The topological polar surface area (TPSA) is 125 Å².